The molecule has 0 N–H and O–H groups in total. The van der Waals surface area contributed by atoms with Crippen molar-refractivity contribution in [3.8, 4) is 0 Å². The monoisotopic (exact) mass is 131 g/mol. The lowest BCUT2D eigenvalue weighted by Crippen LogP contribution is -1.70. The Bertz CT molecular complexity index is 346. The van der Waals surface area contributed by atoms with Crippen LogP contribution >= 0.6 is 0 Å². The molecule has 0 spiro atoms. The number of rotatable bonds is 0. The van der Waals surface area contributed by atoms with Crippen molar-refractivity contribution in [2.45, 2.75) is 6.92 Å². The van der Waals surface area contributed by atoms with Gasteiger partial charge in [-0.05, 0) is 30.7 Å². The molecule has 0 fully saturated rings. The number of benzene rings is 1. The molecule has 1 nitrogen and oxygen atoms in total. The summed E-state index contributed by atoms with van der Waals surface area (Å²) < 4.78 is 5.17. The van der Waals surface area contributed by atoms with Crippen LogP contribution in [0.4, 0.5) is 0 Å². The molecule has 2 rings (SSSR count). The van der Waals surface area contributed by atoms with Crippen molar-refractivity contribution in [2.75, 3.05) is 0 Å². The molecule has 0 bridgehead atoms. The van der Waals surface area contributed by atoms with Crippen molar-refractivity contribution in [1.29, 1.82) is 0 Å². The fraction of sp³-hybridized carbons (Fsp3) is 0.111. The molecule has 0 unspecified atom stereocenters. The van der Waals surface area contributed by atoms with E-state index in [1.165, 1.54) is 10.9 Å². The van der Waals surface area contributed by atoms with Crippen LogP contribution in [0.15, 0.2) is 28.9 Å². The van der Waals surface area contributed by atoms with Crippen LogP contribution in [0.5, 0.6) is 0 Å². The maximum Gasteiger partial charge on any atom is 0.134 e. The van der Waals surface area contributed by atoms with Crippen molar-refractivity contribution < 1.29 is 4.42 Å². The van der Waals surface area contributed by atoms with Crippen LogP contribution < -0.4 is 0 Å². The first kappa shape index (κ1) is 5.54. The van der Waals surface area contributed by atoms with Gasteiger partial charge in [0.2, 0.25) is 0 Å². The molecule has 1 aromatic carbocycles. The third kappa shape index (κ3) is 0.637. The van der Waals surface area contributed by atoms with Gasteiger partial charge in [0, 0.05) is 5.39 Å². The average Bonchev–Trinajstić information content (AvgIpc) is 2.36. The lowest BCUT2D eigenvalue weighted by molar-refractivity contribution is 0.616. The van der Waals surface area contributed by atoms with Gasteiger partial charge in [-0.3, -0.25) is 0 Å². The van der Waals surface area contributed by atoms with E-state index in [-0.39, 0.29) is 0 Å². The maximum absolute atomic E-state index is 5.17. The van der Waals surface area contributed by atoms with E-state index >= 15 is 0 Å². The topological polar surface area (TPSA) is 13.1 Å². The Morgan fingerprint density at radius 3 is 3.10 bits per heavy atom. The largest absolute Gasteiger partial charge is 0.464 e. The average molecular weight is 131 g/mol. The van der Waals surface area contributed by atoms with Gasteiger partial charge in [0.15, 0.2) is 0 Å². The van der Waals surface area contributed by atoms with Crippen molar-refractivity contribution in [2.24, 2.45) is 0 Å². The third-order valence-electron chi connectivity index (χ3n) is 1.63. The minimum atomic E-state index is 0.917. The quantitative estimate of drug-likeness (QED) is 0.535. The third-order valence-corrected chi connectivity index (χ3v) is 1.63. The van der Waals surface area contributed by atoms with Gasteiger partial charge in [0.05, 0.1) is 6.26 Å². The van der Waals surface area contributed by atoms with Crippen molar-refractivity contribution in [3.63, 3.8) is 0 Å². The smallest absolute Gasteiger partial charge is 0.134 e. The zero-order valence-corrected chi connectivity index (χ0v) is 5.72. The molecule has 0 aliphatic carbocycles. The predicted molar refractivity (Wildman–Crippen MR) is 39.8 cm³/mol. The zero-order chi connectivity index (χ0) is 6.97. The van der Waals surface area contributed by atoms with E-state index in [1.807, 2.05) is 25.1 Å². The number of hydrogen-bond donors (Lipinski definition) is 0. The highest BCUT2D eigenvalue weighted by Crippen LogP contribution is 2.17. The summed E-state index contributed by atoms with van der Waals surface area (Å²) in [5.41, 5.74) is 2.13. The van der Waals surface area contributed by atoms with Crippen LogP contribution in [0.2, 0.25) is 0 Å². The first-order chi connectivity index (χ1) is 4.88. The van der Waals surface area contributed by atoms with Gasteiger partial charge in [0.1, 0.15) is 5.58 Å². The Hall–Kier alpha value is -1.24. The molecule has 2 aromatic rings. The maximum atomic E-state index is 5.17. The summed E-state index contributed by atoms with van der Waals surface area (Å²) in [6.07, 6.45) is 1.70. The Labute approximate surface area is 59.3 Å². The second kappa shape index (κ2) is 1.87. The molecule has 10 heavy (non-hydrogen) atoms. The molecule has 1 radical (unpaired) electrons. The molecular weight excluding hydrogens is 124 g/mol. The van der Waals surface area contributed by atoms with Gasteiger partial charge in [0.25, 0.3) is 0 Å². The van der Waals surface area contributed by atoms with E-state index in [1.54, 1.807) is 6.26 Å². The molecule has 1 heterocycles. The van der Waals surface area contributed by atoms with Crippen molar-refractivity contribution >= 4 is 11.0 Å². The normalized spacial score (nSPS) is 10.5. The lowest BCUT2D eigenvalue weighted by Gasteiger charge is -1.90. The summed E-state index contributed by atoms with van der Waals surface area (Å²) in [6, 6.07) is 8.77. The SMILES string of the molecule is Cc1c[c]cc2occc12. The van der Waals surface area contributed by atoms with Crippen molar-refractivity contribution in [3.05, 3.63) is 36.1 Å². The summed E-state index contributed by atoms with van der Waals surface area (Å²) in [5, 5.41) is 1.18. The van der Waals surface area contributed by atoms with Crippen molar-refractivity contribution in [1.82, 2.24) is 0 Å². The van der Waals surface area contributed by atoms with E-state index in [2.05, 4.69) is 6.07 Å². The standard InChI is InChI=1S/C9H7O/c1-7-3-2-4-9-8(7)5-6-10-9/h3-6H,1H3. The predicted octanol–water partition coefficient (Wildman–Crippen LogP) is 2.54. The van der Waals surface area contributed by atoms with E-state index < -0.39 is 0 Å². The highest BCUT2D eigenvalue weighted by molar-refractivity contribution is 5.80. The van der Waals surface area contributed by atoms with Gasteiger partial charge in [-0.15, -0.1) is 0 Å². The zero-order valence-electron chi connectivity index (χ0n) is 5.72. The molecule has 0 aliphatic heterocycles. The molecule has 0 amide bonds. The van der Waals surface area contributed by atoms with E-state index in [0.29, 0.717) is 0 Å². The molecule has 49 valence electrons. The van der Waals surface area contributed by atoms with Crippen LogP contribution in [-0.4, -0.2) is 0 Å². The summed E-state index contributed by atoms with van der Waals surface area (Å²) in [6.45, 7) is 2.05. The first-order valence-corrected chi connectivity index (χ1v) is 3.22. The lowest BCUT2D eigenvalue weighted by atomic mass is 10.1. The minimum absolute atomic E-state index is 0.917. The van der Waals surface area contributed by atoms with Gasteiger partial charge in [-0.1, -0.05) is 6.07 Å². The highest BCUT2D eigenvalue weighted by atomic mass is 16.3. The minimum Gasteiger partial charge on any atom is -0.464 e. The fourth-order valence-corrected chi connectivity index (χ4v) is 1.08. The van der Waals surface area contributed by atoms with Crippen LogP contribution in [0.1, 0.15) is 5.56 Å². The summed E-state index contributed by atoms with van der Waals surface area (Å²) in [7, 11) is 0. The highest BCUT2D eigenvalue weighted by Gasteiger charge is 1.96. The second-order valence-corrected chi connectivity index (χ2v) is 2.34. The van der Waals surface area contributed by atoms with Crippen LogP contribution in [0.3, 0.4) is 0 Å². The van der Waals surface area contributed by atoms with Gasteiger partial charge in [-0.2, -0.15) is 0 Å². The summed E-state index contributed by atoms with van der Waals surface area (Å²) in [5.74, 6) is 0. The number of fused-ring (bicyclic) bond motifs is 1. The van der Waals surface area contributed by atoms with Crippen LogP contribution in [0, 0.1) is 13.0 Å². The Kier molecular flexibility index (Phi) is 1.04. The number of hydrogen-bond acceptors (Lipinski definition) is 1. The molecule has 0 saturated heterocycles. The Balaban J connectivity index is 2.95. The summed E-state index contributed by atoms with van der Waals surface area (Å²) >= 11 is 0. The second-order valence-electron chi connectivity index (χ2n) is 2.34. The first-order valence-electron chi connectivity index (χ1n) is 3.22. The Morgan fingerprint density at radius 1 is 1.40 bits per heavy atom. The molecule has 0 aliphatic rings. The van der Waals surface area contributed by atoms with Crippen LogP contribution in [-0.2, 0) is 0 Å². The molecule has 1 heteroatoms. The molecule has 1 aromatic heterocycles. The fourth-order valence-electron chi connectivity index (χ4n) is 1.08. The molecular formula is C9H7O. The van der Waals surface area contributed by atoms with E-state index in [9.17, 15) is 0 Å². The van der Waals surface area contributed by atoms with E-state index in [0.717, 1.165) is 5.58 Å². The summed E-state index contributed by atoms with van der Waals surface area (Å²) in [4.78, 5) is 0. The van der Waals surface area contributed by atoms with Crippen LogP contribution in [0.25, 0.3) is 11.0 Å². The molecule has 0 atom stereocenters. The molecule has 0 saturated carbocycles. The van der Waals surface area contributed by atoms with E-state index in [4.69, 9.17) is 4.42 Å². The Morgan fingerprint density at radius 2 is 2.30 bits per heavy atom. The van der Waals surface area contributed by atoms with Gasteiger partial charge in [-0.25, -0.2) is 0 Å². The van der Waals surface area contributed by atoms with Gasteiger partial charge < -0.3 is 4.42 Å². The van der Waals surface area contributed by atoms with Gasteiger partial charge >= 0.3 is 0 Å². The number of furan rings is 1. The number of aryl methyl sites for hydroxylation is 1.